The van der Waals surface area contributed by atoms with Gasteiger partial charge in [0, 0.05) is 51.0 Å². The molecule has 0 saturated carbocycles. The molecule has 2 aliphatic heterocycles. The van der Waals surface area contributed by atoms with E-state index in [0.717, 1.165) is 36.6 Å². The number of hydrogen-bond acceptors (Lipinski definition) is 4. The maximum Gasteiger partial charge on any atom is 0.228 e. The van der Waals surface area contributed by atoms with E-state index in [2.05, 4.69) is 22.9 Å². The Balaban J connectivity index is 1.39. The number of carbonyl (C=O) groups is 2. The molecule has 1 aromatic heterocycles. The van der Waals surface area contributed by atoms with Gasteiger partial charge in [-0.2, -0.15) is 0 Å². The van der Waals surface area contributed by atoms with E-state index in [1.54, 1.807) is 11.1 Å². The average Bonchev–Trinajstić information content (AvgIpc) is 3.15. The molecule has 3 heterocycles. The fourth-order valence-electron chi connectivity index (χ4n) is 4.13. The molecule has 0 spiro atoms. The van der Waals surface area contributed by atoms with Crippen molar-refractivity contribution in [3.05, 3.63) is 54.2 Å². The first-order valence-corrected chi connectivity index (χ1v) is 10.0. The highest BCUT2D eigenvalue weighted by Gasteiger charge is 2.38. The van der Waals surface area contributed by atoms with Gasteiger partial charge in [-0.3, -0.25) is 9.59 Å². The molecule has 0 aliphatic carbocycles. The van der Waals surface area contributed by atoms with Crippen molar-refractivity contribution >= 4 is 23.3 Å². The SMILES string of the molecule is CCc1ccccc1N1C[C@@H](C(=O)N2CCN(c3ccccn3)CC2)CC1=O. The zero-order valence-electron chi connectivity index (χ0n) is 16.3. The van der Waals surface area contributed by atoms with Gasteiger partial charge in [0.2, 0.25) is 11.8 Å². The molecule has 2 fully saturated rings. The third-order valence-corrected chi connectivity index (χ3v) is 5.70. The second kappa shape index (κ2) is 8.00. The van der Waals surface area contributed by atoms with Crippen LogP contribution in [0.4, 0.5) is 11.5 Å². The van der Waals surface area contributed by atoms with Crippen molar-refractivity contribution in [3.8, 4) is 0 Å². The van der Waals surface area contributed by atoms with Crippen LogP contribution in [0.2, 0.25) is 0 Å². The molecule has 0 N–H and O–H groups in total. The van der Waals surface area contributed by atoms with Crippen LogP contribution in [0.3, 0.4) is 0 Å². The van der Waals surface area contributed by atoms with Gasteiger partial charge in [0.15, 0.2) is 0 Å². The number of benzene rings is 1. The molecule has 2 saturated heterocycles. The fourth-order valence-corrected chi connectivity index (χ4v) is 4.13. The second-order valence-corrected chi connectivity index (χ2v) is 7.39. The molecule has 28 heavy (non-hydrogen) atoms. The van der Waals surface area contributed by atoms with E-state index >= 15 is 0 Å². The van der Waals surface area contributed by atoms with E-state index in [-0.39, 0.29) is 17.7 Å². The van der Waals surface area contributed by atoms with E-state index < -0.39 is 0 Å². The minimum atomic E-state index is -0.251. The summed E-state index contributed by atoms with van der Waals surface area (Å²) in [6, 6.07) is 13.9. The molecule has 2 aromatic rings. The first-order valence-electron chi connectivity index (χ1n) is 10.0. The molecule has 6 nitrogen and oxygen atoms in total. The van der Waals surface area contributed by atoms with Crippen molar-refractivity contribution in [3.63, 3.8) is 0 Å². The standard InChI is InChI=1S/C22H26N4O2/c1-2-17-7-3-4-8-19(17)26-16-18(15-21(26)27)22(28)25-13-11-24(12-14-25)20-9-5-6-10-23-20/h3-10,18H,2,11-16H2,1H3/t18-/m0/s1. The summed E-state index contributed by atoms with van der Waals surface area (Å²) in [5, 5.41) is 0. The van der Waals surface area contributed by atoms with Gasteiger partial charge in [-0.1, -0.05) is 31.2 Å². The number of anilines is 2. The number of aryl methyl sites for hydroxylation is 1. The number of rotatable bonds is 4. The number of carbonyl (C=O) groups excluding carboxylic acids is 2. The van der Waals surface area contributed by atoms with Gasteiger partial charge in [-0.15, -0.1) is 0 Å². The number of piperazine rings is 1. The van der Waals surface area contributed by atoms with Gasteiger partial charge in [0.25, 0.3) is 0 Å². The molecule has 4 rings (SSSR count). The van der Waals surface area contributed by atoms with Crippen molar-refractivity contribution in [2.45, 2.75) is 19.8 Å². The summed E-state index contributed by atoms with van der Waals surface area (Å²) in [5.74, 6) is 0.851. The molecular formula is C22H26N4O2. The van der Waals surface area contributed by atoms with Crippen LogP contribution >= 0.6 is 0 Å². The lowest BCUT2D eigenvalue weighted by atomic mass is 10.1. The lowest BCUT2D eigenvalue weighted by molar-refractivity contribution is -0.136. The highest BCUT2D eigenvalue weighted by Crippen LogP contribution is 2.29. The van der Waals surface area contributed by atoms with Gasteiger partial charge >= 0.3 is 0 Å². The molecule has 0 bridgehead atoms. The van der Waals surface area contributed by atoms with Crippen LogP contribution < -0.4 is 9.80 Å². The maximum atomic E-state index is 13.0. The van der Waals surface area contributed by atoms with Gasteiger partial charge in [-0.05, 0) is 30.2 Å². The first kappa shape index (κ1) is 18.5. The van der Waals surface area contributed by atoms with E-state index in [0.29, 0.717) is 26.1 Å². The number of hydrogen-bond donors (Lipinski definition) is 0. The molecule has 0 radical (unpaired) electrons. The Morgan fingerprint density at radius 3 is 2.54 bits per heavy atom. The van der Waals surface area contributed by atoms with Gasteiger partial charge in [-0.25, -0.2) is 4.98 Å². The van der Waals surface area contributed by atoms with Crippen LogP contribution in [0.15, 0.2) is 48.7 Å². The quantitative estimate of drug-likeness (QED) is 0.820. The number of aromatic nitrogens is 1. The monoisotopic (exact) mass is 378 g/mol. The Morgan fingerprint density at radius 1 is 1.07 bits per heavy atom. The van der Waals surface area contributed by atoms with Gasteiger partial charge in [0.05, 0.1) is 5.92 Å². The third kappa shape index (κ3) is 3.59. The number of pyridine rings is 1. The molecule has 0 unspecified atom stereocenters. The Hall–Kier alpha value is -2.89. The average molecular weight is 378 g/mol. The lowest BCUT2D eigenvalue weighted by Crippen LogP contribution is -2.51. The minimum absolute atomic E-state index is 0.0476. The van der Waals surface area contributed by atoms with Crippen LogP contribution in [0.5, 0.6) is 0 Å². The summed E-state index contributed by atoms with van der Waals surface area (Å²) in [5.41, 5.74) is 2.10. The Bertz CT molecular complexity index is 847. The molecule has 2 aliphatic rings. The molecule has 2 amide bonds. The summed E-state index contributed by atoms with van der Waals surface area (Å²) in [4.78, 5) is 35.9. The van der Waals surface area contributed by atoms with Crippen LogP contribution in [0.1, 0.15) is 18.9 Å². The van der Waals surface area contributed by atoms with E-state index in [4.69, 9.17) is 0 Å². The molecule has 6 heteroatoms. The zero-order valence-corrected chi connectivity index (χ0v) is 16.3. The van der Waals surface area contributed by atoms with Crippen LogP contribution in [-0.4, -0.2) is 54.4 Å². The summed E-state index contributed by atoms with van der Waals surface area (Å²) in [7, 11) is 0. The molecule has 146 valence electrons. The summed E-state index contributed by atoms with van der Waals surface area (Å²) >= 11 is 0. The number of amides is 2. The smallest absolute Gasteiger partial charge is 0.228 e. The Kier molecular flexibility index (Phi) is 5.28. The van der Waals surface area contributed by atoms with Crippen LogP contribution in [0.25, 0.3) is 0 Å². The fraction of sp³-hybridized carbons (Fsp3) is 0.409. The summed E-state index contributed by atoms with van der Waals surface area (Å²) in [6.45, 7) is 5.45. The lowest BCUT2D eigenvalue weighted by Gasteiger charge is -2.36. The Labute approximate surface area is 165 Å². The van der Waals surface area contributed by atoms with Gasteiger partial charge in [0.1, 0.15) is 5.82 Å². The molecule has 1 atom stereocenters. The van der Waals surface area contributed by atoms with Crippen molar-refractivity contribution in [2.75, 3.05) is 42.5 Å². The number of para-hydroxylation sites is 1. The normalized spacial score (nSPS) is 20.0. The topological polar surface area (TPSA) is 56.8 Å². The molecule has 1 aromatic carbocycles. The van der Waals surface area contributed by atoms with Crippen LogP contribution in [0, 0.1) is 5.92 Å². The van der Waals surface area contributed by atoms with Crippen molar-refractivity contribution in [1.29, 1.82) is 0 Å². The van der Waals surface area contributed by atoms with Crippen LogP contribution in [-0.2, 0) is 16.0 Å². The first-order chi connectivity index (χ1) is 13.7. The Morgan fingerprint density at radius 2 is 1.82 bits per heavy atom. The van der Waals surface area contributed by atoms with E-state index in [9.17, 15) is 9.59 Å². The predicted molar refractivity (Wildman–Crippen MR) is 109 cm³/mol. The third-order valence-electron chi connectivity index (χ3n) is 5.70. The second-order valence-electron chi connectivity index (χ2n) is 7.39. The number of nitrogens with zero attached hydrogens (tertiary/aromatic N) is 4. The van der Waals surface area contributed by atoms with E-state index in [1.807, 2.05) is 41.3 Å². The zero-order chi connectivity index (χ0) is 19.5. The predicted octanol–water partition coefficient (Wildman–Crippen LogP) is 2.35. The van der Waals surface area contributed by atoms with Crippen molar-refractivity contribution in [2.24, 2.45) is 5.92 Å². The molecular weight excluding hydrogens is 352 g/mol. The van der Waals surface area contributed by atoms with Crippen molar-refractivity contribution < 1.29 is 9.59 Å². The minimum Gasteiger partial charge on any atom is -0.353 e. The maximum absolute atomic E-state index is 13.0. The van der Waals surface area contributed by atoms with Crippen molar-refractivity contribution in [1.82, 2.24) is 9.88 Å². The largest absolute Gasteiger partial charge is 0.353 e. The van der Waals surface area contributed by atoms with Gasteiger partial charge < -0.3 is 14.7 Å². The van der Waals surface area contributed by atoms with E-state index in [1.165, 1.54) is 0 Å². The highest BCUT2D eigenvalue weighted by molar-refractivity contribution is 6.00. The summed E-state index contributed by atoms with van der Waals surface area (Å²) in [6.07, 6.45) is 2.96. The highest BCUT2D eigenvalue weighted by atomic mass is 16.2. The summed E-state index contributed by atoms with van der Waals surface area (Å²) < 4.78 is 0.